The Morgan fingerprint density at radius 2 is 1.90 bits per heavy atom. The fraction of sp³-hybridized carbons (Fsp3) is 0.391. The number of morpholine rings is 1. The third kappa shape index (κ3) is 3.63. The Kier molecular flexibility index (Phi) is 5.31. The van der Waals surface area contributed by atoms with Crippen molar-refractivity contribution in [1.82, 2.24) is 14.5 Å². The van der Waals surface area contributed by atoms with Crippen LogP contribution >= 0.6 is 11.3 Å². The molecule has 5 rings (SSSR count). The van der Waals surface area contributed by atoms with E-state index in [1.54, 1.807) is 11.3 Å². The van der Waals surface area contributed by atoms with Crippen LogP contribution < -0.4 is 4.90 Å². The summed E-state index contributed by atoms with van der Waals surface area (Å²) in [4.78, 5) is 23.6. The first-order chi connectivity index (χ1) is 14.7. The van der Waals surface area contributed by atoms with Crippen LogP contribution in [0.25, 0.3) is 11.3 Å². The lowest BCUT2D eigenvalue weighted by Crippen LogP contribution is -2.41. The Balaban J connectivity index is 1.43. The average Bonchev–Trinajstić information content (AvgIpc) is 3.43. The number of hydrogen-bond donors (Lipinski definition) is 0. The van der Waals surface area contributed by atoms with Crippen molar-refractivity contribution in [3.05, 3.63) is 59.2 Å². The van der Waals surface area contributed by atoms with E-state index in [0.717, 1.165) is 60.7 Å². The van der Waals surface area contributed by atoms with Gasteiger partial charge in [-0.15, -0.1) is 11.3 Å². The smallest absolute Gasteiger partial charge is 0.228 e. The maximum Gasteiger partial charge on any atom is 0.228 e. The maximum atomic E-state index is 13.3. The third-order valence-corrected chi connectivity index (χ3v) is 7.11. The van der Waals surface area contributed by atoms with Crippen molar-refractivity contribution in [1.29, 1.82) is 0 Å². The zero-order chi connectivity index (χ0) is 20.5. The van der Waals surface area contributed by atoms with Gasteiger partial charge in [-0.3, -0.25) is 4.79 Å². The van der Waals surface area contributed by atoms with E-state index in [1.807, 2.05) is 23.1 Å². The Hall–Kier alpha value is -2.64. The second-order valence-corrected chi connectivity index (χ2v) is 8.86. The summed E-state index contributed by atoms with van der Waals surface area (Å²) >= 11 is 1.65. The Morgan fingerprint density at radius 3 is 2.70 bits per heavy atom. The van der Waals surface area contributed by atoms with Crippen molar-refractivity contribution in [2.24, 2.45) is 0 Å². The monoisotopic (exact) mass is 422 g/mol. The van der Waals surface area contributed by atoms with Gasteiger partial charge in [-0.2, -0.15) is 0 Å². The molecular formula is C23H26N4O2S. The van der Waals surface area contributed by atoms with E-state index in [1.165, 1.54) is 5.69 Å². The molecular weight excluding hydrogens is 396 g/mol. The Morgan fingerprint density at radius 1 is 1.10 bits per heavy atom. The third-order valence-electron chi connectivity index (χ3n) is 5.99. The van der Waals surface area contributed by atoms with Gasteiger partial charge in [-0.25, -0.2) is 4.98 Å². The number of carbonyl (C=O) groups is 1. The van der Waals surface area contributed by atoms with Gasteiger partial charge in [0.15, 0.2) is 5.13 Å². The molecule has 0 saturated carbocycles. The normalized spacial score (nSPS) is 19.0. The molecule has 156 valence electrons. The first kappa shape index (κ1) is 19.3. The van der Waals surface area contributed by atoms with Gasteiger partial charge in [0.2, 0.25) is 5.91 Å². The minimum atomic E-state index is 0.0908. The molecule has 2 aliphatic rings. The minimum Gasteiger partial charge on any atom is -0.378 e. The number of amides is 1. The average molecular weight is 423 g/mol. The number of anilines is 1. The van der Waals surface area contributed by atoms with Crippen molar-refractivity contribution in [3.8, 4) is 11.3 Å². The lowest BCUT2D eigenvalue weighted by molar-refractivity contribution is -0.133. The Labute approximate surface area is 180 Å². The summed E-state index contributed by atoms with van der Waals surface area (Å²) < 4.78 is 7.74. The summed E-state index contributed by atoms with van der Waals surface area (Å²) in [5.74, 6) is 0.171. The molecule has 4 heterocycles. The second kappa shape index (κ2) is 8.24. The second-order valence-electron chi connectivity index (χ2n) is 7.80. The standard InChI is InChI=1S/C23H26N4O2S/c1-17-19-8-5-9-25(19)10-11-27(17)21(28)16-20-22(18-6-3-2-4-7-18)24-23(30-20)26-12-14-29-15-13-26/h2-9,17H,10-16H2,1H3. The Bertz CT molecular complexity index is 1020. The fourth-order valence-electron chi connectivity index (χ4n) is 4.33. The summed E-state index contributed by atoms with van der Waals surface area (Å²) in [6, 6.07) is 14.5. The van der Waals surface area contributed by atoms with Crippen LogP contribution in [0.4, 0.5) is 5.13 Å². The zero-order valence-corrected chi connectivity index (χ0v) is 18.0. The van der Waals surface area contributed by atoms with Crippen LogP contribution in [0.15, 0.2) is 48.7 Å². The van der Waals surface area contributed by atoms with Gasteiger partial charge in [0.1, 0.15) is 0 Å². The van der Waals surface area contributed by atoms with Crippen molar-refractivity contribution in [2.45, 2.75) is 25.9 Å². The number of nitrogens with zero attached hydrogens (tertiary/aromatic N) is 4. The van der Waals surface area contributed by atoms with E-state index in [0.29, 0.717) is 6.42 Å². The lowest BCUT2D eigenvalue weighted by atomic mass is 10.1. The van der Waals surface area contributed by atoms with E-state index < -0.39 is 0 Å². The van der Waals surface area contributed by atoms with Gasteiger partial charge in [-0.05, 0) is 19.1 Å². The molecule has 2 aliphatic heterocycles. The van der Waals surface area contributed by atoms with Crippen LogP contribution in [0.3, 0.4) is 0 Å². The first-order valence-electron chi connectivity index (χ1n) is 10.5. The van der Waals surface area contributed by atoms with Gasteiger partial charge >= 0.3 is 0 Å². The molecule has 0 spiro atoms. The topological polar surface area (TPSA) is 50.6 Å². The first-order valence-corrected chi connectivity index (χ1v) is 11.3. The van der Waals surface area contributed by atoms with Crippen molar-refractivity contribution < 1.29 is 9.53 Å². The quantitative estimate of drug-likeness (QED) is 0.645. The lowest BCUT2D eigenvalue weighted by Gasteiger charge is -2.35. The van der Waals surface area contributed by atoms with E-state index in [4.69, 9.17) is 9.72 Å². The van der Waals surface area contributed by atoms with Gasteiger partial charge in [0.05, 0.1) is 31.4 Å². The SMILES string of the molecule is CC1c2cccn2CCN1C(=O)Cc1sc(N2CCOCC2)nc1-c1ccccc1. The largest absolute Gasteiger partial charge is 0.378 e. The summed E-state index contributed by atoms with van der Waals surface area (Å²) in [6.07, 6.45) is 2.48. The molecule has 3 aromatic rings. The van der Waals surface area contributed by atoms with Crippen LogP contribution in [0, 0.1) is 0 Å². The van der Waals surface area contributed by atoms with E-state index in [-0.39, 0.29) is 11.9 Å². The van der Waals surface area contributed by atoms with Crippen LogP contribution in [0.5, 0.6) is 0 Å². The highest BCUT2D eigenvalue weighted by atomic mass is 32.1. The summed E-state index contributed by atoms with van der Waals surface area (Å²) in [6.45, 7) is 6.85. The van der Waals surface area contributed by atoms with Gasteiger partial charge in [-0.1, -0.05) is 30.3 Å². The molecule has 1 unspecified atom stereocenters. The number of thiazole rings is 1. The number of rotatable bonds is 4. The maximum absolute atomic E-state index is 13.3. The van der Waals surface area contributed by atoms with Crippen molar-refractivity contribution in [2.75, 3.05) is 37.7 Å². The fourth-order valence-corrected chi connectivity index (χ4v) is 5.45. The number of fused-ring (bicyclic) bond motifs is 1. The predicted octanol–water partition coefficient (Wildman–Crippen LogP) is 3.59. The highest BCUT2D eigenvalue weighted by Crippen LogP contribution is 2.35. The highest BCUT2D eigenvalue weighted by molar-refractivity contribution is 7.16. The number of hydrogen-bond acceptors (Lipinski definition) is 5. The molecule has 2 aromatic heterocycles. The molecule has 1 aromatic carbocycles. The molecule has 30 heavy (non-hydrogen) atoms. The summed E-state index contributed by atoms with van der Waals surface area (Å²) in [5.41, 5.74) is 3.20. The molecule has 6 nitrogen and oxygen atoms in total. The molecule has 0 N–H and O–H groups in total. The minimum absolute atomic E-state index is 0.0908. The predicted molar refractivity (Wildman–Crippen MR) is 119 cm³/mol. The molecule has 1 amide bonds. The molecule has 0 bridgehead atoms. The van der Waals surface area contributed by atoms with Crippen molar-refractivity contribution in [3.63, 3.8) is 0 Å². The van der Waals surface area contributed by atoms with Crippen LogP contribution in [0.2, 0.25) is 0 Å². The van der Waals surface area contributed by atoms with Crippen molar-refractivity contribution >= 4 is 22.4 Å². The van der Waals surface area contributed by atoms with E-state index in [9.17, 15) is 4.79 Å². The molecule has 1 fully saturated rings. The molecule has 1 atom stereocenters. The van der Waals surface area contributed by atoms with Crippen LogP contribution in [0.1, 0.15) is 23.5 Å². The zero-order valence-electron chi connectivity index (χ0n) is 17.2. The van der Waals surface area contributed by atoms with E-state index >= 15 is 0 Å². The molecule has 7 heteroatoms. The number of benzene rings is 1. The van der Waals surface area contributed by atoms with Crippen LogP contribution in [-0.2, 0) is 22.5 Å². The molecule has 1 saturated heterocycles. The molecule has 0 radical (unpaired) electrons. The number of carbonyl (C=O) groups excluding carboxylic acids is 1. The van der Waals surface area contributed by atoms with E-state index in [2.05, 4.69) is 46.9 Å². The summed E-state index contributed by atoms with van der Waals surface area (Å²) in [5, 5.41) is 0.987. The summed E-state index contributed by atoms with van der Waals surface area (Å²) in [7, 11) is 0. The molecule has 0 aliphatic carbocycles. The van der Waals surface area contributed by atoms with Crippen LogP contribution in [-0.4, -0.2) is 53.2 Å². The number of aromatic nitrogens is 2. The van der Waals surface area contributed by atoms with Gasteiger partial charge < -0.3 is 19.1 Å². The van der Waals surface area contributed by atoms with Gasteiger partial charge in [0.25, 0.3) is 0 Å². The number of ether oxygens (including phenoxy) is 1. The highest BCUT2D eigenvalue weighted by Gasteiger charge is 2.29. The van der Waals surface area contributed by atoms with Gasteiger partial charge in [0, 0.05) is 48.5 Å².